The van der Waals surface area contributed by atoms with Gasteiger partial charge in [-0.25, -0.2) is 13.1 Å². The summed E-state index contributed by atoms with van der Waals surface area (Å²) in [6, 6.07) is 12.7. The number of nitrogens with one attached hydrogen (secondary N) is 1. The first kappa shape index (κ1) is 20.2. The fourth-order valence-electron chi connectivity index (χ4n) is 3.40. The number of rotatable bonds is 4. The molecular formula is C21H23N5O3S. The van der Waals surface area contributed by atoms with Crippen LogP contribution >= 0.6 is 0 Å². The third-order valence-corrected chi connectivity index (χ3v) is 6.38. The standard InChI is InChI=1S/C21H23N5O3S/c1-13-15-8-6-7-9-16(15)20-23-22-19(26(20)24-13)14-10-11-17(29-5)18(12-14)30(27,28)25-21(2,3)4/h6-12,25H,1-5H3. The van der Waals surface area contributed by atoms with Crippen LogP contribution in [0.4, 0.5) is 0 Å². The monoisotopic (exact) mass is 425 g/mol. The lowest BCUT2D eigenvalue weighted by Crippen LogP contribution is -2.40. The third-order valence-electron chi connectivity index (χ3n) is 4.60. The smallest absolute Gasteiger partial charge is 0.244 e. The van der Waals surface area contributed by atoms with Gasteiger partial charge < -0.3 is 4.74 Å². The molecular weight excluding hydrogens is 402 g/mol. The number of aryl methyl sites for hydroxylation is 1. The minimum atomic E-state index is -3.82. The summed E-state index contributed by atoms with van der Waals surface area (Å²) in [6.45, 7) is 7.27. The average molecular weight is 426 g/mol. The van der Waals surface area contributed by atoms with Crippen LogP contribution in [0.5, 0.6) is 5.75 Å². The van der Waals surface area contributed by atoms with Gasteiger partial charge in [-0.1, -0.05) is 24.3 Å². The third kappa shape index (κ3) is 3.50. The highest BCUT2D eigenvalue weighted by molar-refractivity contribution is 7.89. The molecule has 0 fully saturated rings. The van der Waals surface area contributed by atoms with Crippen LogP contribution in [0.25, 0.3) is 27.8 Å². The van der Waals surface area contributed by atoms with Gasteiger partial charge in [0, 0.05) is 21.9 Å². The predicted octanol–water partition coefficient (Wildman–Crippen LogP) is 3.34. The lowest BCUT2D eigenvalue weighted by Gasteiger charge is -2.21. The van der Waals surface area contributed by atoms with Crippen LogP contribution in [-0.4, -0.2) is 40.9 Å². The van der Waals surface area contributed by atoms with E-state index in [9.17, 15) is 8.42 Å². The van der Waals surface area contributed by atoms with Crippen molar-refractivity contribution >= 4 is 26.4 Å². The molecule has 4 rings (SSSR count). The normalized spacial score (nSPS) is 12.6. The molecule has 0 unspecified atom stereocenters. The van der Waals surface area contributed by atoms with E-state index in [4.69, 9.17) is 4.74 Å². The lowest BCUT2D eigenvalue weighted by molar-refractivity contribution is 0.401. The number of nitrogens with zero attached hydrogens (tertiary/aromatic N) is 4. The summed E-state index contributed by atoms with van der Waals surface area (Å²) < 4.78 is 35.6. The summed E-state index contributed by atoms with van der Waals surface area (Å²) >= 11 is 0. The van der Waals surface area contributed by atoms with Gasteiger partial charge in [-0.15, -0.1) is 10.2 Å². The molecule has 0 atom stereocenters. The summed E-state index contributed by atoms with van der Waals surface area (Å²) in [4.78, 5) is 0.0340. The molecule has 0 aliphatic carbocycles. The van der Waals surface area contributed by atoms with Crippen LogP contribution in [0.2, 0.25) is 0 Å². The first-order valence-corrected chi connectivity index (χ1v) is 10.9. The molecule has 2 aromatic heterocycles. The summed E-state index contributed by atoms with van der Waals surface area (Å²) in [5.74, 6) is 0.702. The molecule has 2 heterocycles. The topological polar surface area (TPSA) is 98.5 Å². The Labute approximate surface area is 174 Å². The van der Waals surface area contributed by atoms with Crippen molar-refractivity contribution in [2.75, 3.05) is 7.11 Å². The Kier molecular flexibility index (Phi) is 4.74. The predicted molar refractivity (Wildman–Crippen MR) is 115 cm³/mol. The summed E-state index contributed by atoms with van der Waals surface area (Å²) in [6.07, 6.45) is 0. The van der Waals surface area contributed by atoms with Crippen LogP contribution in [0.1, 0.15) is 26.5 Å². The van der Waals surface area contributed by atoms with E-state index in [1.54, 1.807) is 37.4 Å². The molecule has 30 heavy (non-hydrogen) atoms. The second-order valence-corrected chi connectivity index (χ2v) is 9.76. The Morgan fingerprint density at radius 1 is 1.03 bits per heavy atom. The Morgan fingerprint density at radius 3 is 2.40 bits per heavy atom. The van der Waals surface area contributed by atoms with Gasteiger partial charge in [0.15, 0.2) is 11.5 Å². The van der Waals surface area contributed by atoms with Crippen molar-refractivity contribution in [1.82, 2.24) is 24.5 Å². The highest BCUT2D eigenvalue weighted by Crippen LogP contribution is 2.31. The molecule has 2 aromatic carbocycles. The van der Waals surface area contributed by atoms with Crippen LogP contribution in [0.15, 0.2) is 47.4 Å². The number of ether oxygens (including phenoxy) is 1. The number of hydrogen-bond donors (Lipinski definition) is 1. The first-order valence-electron chi connectivity index (χ1n) is 9.44. The minimum Gasteiger partial charge on any atom is -0.495 e. The zero-order chi connectivity index (χ0) is 21.7. The largest absolute Gasteiger partial charge is 0.495 e. The molecule has 4 aromatic rings. The molecule has 1 N–H and O–H groups in total. The number of benzene rings is 2. The number of methoxy groups -OCH3 is 1. The molecule has 0 amide bonds. The van der Waals surface area contributed by atoms with Gasteiger partial charge in [0.2, 0.25) is 10.0 Å². The Morgan fingerprint density at radius 2 is 1.73 bits per heavy atom. The molecule has 0 spiro atoms. The van der Waals surface area contributed by atoms with Crippen LogP contribution in [-0.2, 0) is 10.0 Å². The molecule has 156 valence electrons. The molecule has 8 nitrogen and oxygen atoms in total. The first-order chi connectivity index (χ1) is 14.1. The molecule has 9 heteroatoms. The van der Waals surface area contributed by atoms with E-state index in [1.165, 1.54) is 13.2 Å². The van der Waals surface area contributed by atoms with Crippen LogP contribution in [0.3, 0.4) is 0 Å². The van der Waals surface area contributed by atoms with E-state index in [0.29, 0.717) is 17.0 Å². The average Bonchev–Trinajstić information content (AvgIpc) is 3.10. The molecule has 0 bridgehead atoms. The Hall–Kier alpha value is -3.04. The number of fused-ring (bicyclic) bond motifs is 3. The maximum Gasteiger partial charge on any atom is 0.244 e. The maximum absolute atomic E-state index is 13.0. The van der Waals surface area contributed by atoms with Crippen molar-refractivity contribution in [1.29, 1.82) is 0 Å². The number of aromatic nitrogens is 4. The lowest BCUT2D eigenvalue weighted by atomic mass is 10.1. The van der Waals surface area contributed by atoms with Gasteiger partial charge in [-0.2, -0.15) is 9.61 Å². The highest BCUT2D eigenvalue weighted by Gasteiger charge is 2.26. The molecule has 0 radical (unpaired) electrons. The van der Waals surface area contributed by atoms with Crippen molar-refractivity contribution < 1.29 is 13.2 Å². The summed E-state index contributed by atoms with van der Waals surface area (Å²) in [5.41, 5.74) is 1.37. The van der Waals surface area contributed by atoms with Gasteiger partial charge in [-0.05, 0) is 45.9 Å². The van der Waals surface area contributed by atoms with E-state index < -0.39 is 15.6 Å². The highest BCUT2D eigenvalue weighted by atomic mass is 32.2. The van der Waals surface area contributed by atoms with Crippen molar-refractivity contribution in [2.24, 2.45) is 0 Å². The summed E-state index contributed by atoms with van der Waals surface area (Å²) in [5, 5.41) is 15.2. The maximum atomic E-state index is 13.0. The second kappa shape index (κ2) is 7.03. The van der Waals surface area contributed by atoms with Crippen molar-refractivity contribution in [3.05, 3.63) is 48.2 Å². The molecule has 0 saturated carbocycles. The number of hydrogen-bond acceptors (Lipinski definition) is 6. The SMILES string of the molecule is COc1ccc(-c2nnc3c4ccccc4c(C)nn23)cc1S(=O)(=O)NC(C)(C)C. The Balaban J connectivity index is 1.93. The van der Waals surface area contributed by atoms with Crippen molar-refractivity contribution in [3.8, 4) is 17.1 Å². The van der Waals surface area contributed by atoms with Gasteiger partial charge in [0.25, 0.3) is 0 Å². The quantitative estimate of drug-likeness (QED) is 0.538. The zero-order valence-corrected chi connectivity index (χ0v) is 18.3. The van der Waals surface area contributed by atoms with E-state index in [0.717, 1.165) is 16.5 Å². The number of sulfonamides is 1. The molecule has 0 saturated heterocycles. The van der Waals surface area contributed by atoms with Crippen LogP contribution < -0.4 is 9.46 Å². The van der Waals surface area contributed by atoms with Crippen molar-refractivity contribution in [3.63, 3.8) is 0 Å². The second-order valence-electron chi connectivity index (χ2n) is 8.11. The summed E-state index contributed by atoms with van der Waals surface area (Å²) in [7, 11) is -2.38. The molecule has 0 aliphatic heterocycles. The fraction of sp³-hybridized carbons (Fsp3) is 0.286. The van der Waals surface area contributed by atoms with E-state index in [2.05, 4.69) is 20.0 Å². The van der Waals surface area contributed by atoms with Gasteiger partial charge in [0.05, 0.1) is 12.8 Å². The zero-order valence-electron chi connectivity index (χ0n) is 17.5. The van der Waals surface area contributed by atoms with Crippen molar-refractivity contribution in [2.45, 2.75) is 38.1 Å². The van der Waals surface area contributed by atoms with E-state index in [1.807, 2.05) is 31.2 Å². The van der Waals surface area contributed by atoms with E-state index >= 15 is 0 Å². The van der Waals surface area contributed by atoms with Crippen LogP contribution in [0, 0.1) is 6.92 Å². The van der Waals surface area contributed by atoms with Gasteiger partial charge in [0.1, 0.15) is 10.6 Å². The fourth-order valence-corrected chi connectivity index (χ4v) is 5.02. The molecule has 0 aliphatic rings. The minimum absolute atomic E-state index is 0.0340. The van der Waals surface area contributed by atoms with Gasteiger partial charge >= 0.3 is 0 Å². The van der Waals surface area contributed by atoms with E-state index in [-0.39, 0.29) is 10.6 Å². The Bertz CT molecular complexity index is 1370. The van der Waals surface area contributed by atoms with Gasteiger partial charge in [-0.3, -0.25) is 0 Å².